The number of carbonyl (C=O) groups excluding carboxylic acids is 1. The maximum Gasteiger partial charge on any atom is 0.270 e. The zero-order valence-corrected chi connectivity index (χ0v) is 11.2. The molecule has 0 radical (unpaired) electrons. The van der Waals surface area contributed by atoms with Crippen LogP contribution >= 0.6 is 0 Å². The quantitative estimate of drug-likeness (QED) is 0.503. The molecule has 1 rings (SSSR count). The van der Waals surface area contributed by atoms with Gasteiger partial charge in [0.15, 0.2) is 0 Å². The monoisotopic (exact) mass is 263 g/mol. The number of hydrogen-bond donors (Lipinski definition) is 1. The molecule has 1 aromatic rings. The van der Waals surface area contributed by atoms with E-state index in [0.717, 1.165) is 0 Å². The summed E-state index contributed by atoms with van der Waals surface area (Å²) >= 11 is 0. The Kier molecular flexibility index (Phi) is 5.17. The maximum absolute atomic E-state index is 11.4. The number of rotatable bonds is 5. The smallest absolute Gasteiger partial charge is 0.270 e. The highest BCUT2D eigenvalue weighted by molar-refractivity contribution is 5.99. The molecule has 0 saturated carbocycles. The van der Waals surface area contributed by atoms with Crippen molar-refractivity contribution in [1.82, 2.24) is 5.43 Å². The van der Waals surface area contributed by atoms with E-state index in [1.807, 2.05) is 13.8 Å². The molecular weight excluding hydrogens is 246 g/mol. The molecule has 6 heteroatoms. The second kappa shape index (κ2) is 6.63. The minimum absolute atomic E-state index is 0.000516. The summed E-state index contributed by atoms with van der Waals surface area (Å²) in [5.74, 6) is 0.0908. The number of nitro groups is 1. The summed E-state index contributed by atoms with van der Waals surface area (Å²) in [5, 5.41) is 14.6. The lowest BCUT2D eigenvalue weighted by Gasteiger charge is -2.04. The SMILES string of the molecule is C/C(=N\NC(=O)CC(C)C)c1cccc([N+](=O)[O-])c1. The fourth-order valence-corrected chi connectivity index (χ4v) is 1.47. The van der Waals surface area contributed by atoms with Gasteiger partial charge in [0, 0.05) is 24.1 Å². The number of hydrazone groups is 1. The van der Waals surface area contributed by atoms with Gasteiger partial charge in [0.05, 0.1) is 10.6 Å². The molecule has 0 aliphatic rings. The lowest BCUT2D eigenvalue weighted by Crippen LogP contribution is -2.20. The van der Waals surface area contributed by atoms with Crippen LogP contribution in [0.15, 0.2) is 29.4 Å². The summed E-state index contributed by atoms with van der Waals surface area (Å²) in [7, 11) is 0. The Morgan fingerprint density at radius 3 is 2.74 bits per heavy atom. The van der Waals surface area contributed by atoms with E-state index in [1.165, 1.54) is 12.1 Å². The highest BCUT2D eigenvalue weighted by atomic mass is 16.6. The fourth-order valence-electron chi connectivity index (χ4n) is 1.47. The van der Waals surface area contributed by atoms with Crippen molar-refractivity contribution in [3.05, 3.63) is 39.9 Å². The number of non-ortho nitro benzene ring substituents is 1. The third kappa shape index (κ3) is 4.87. The van der Waals surface area contributed by atoms with Crippen LogP contribution in [0.4, 0.5) is 5.69 Å². The molecule has 0 heterocycles. The van der Waals surface area contributed by atoms with Crippen molar-refractivity contribution in [3.8, 4) is 0 Å². The zero-order chi connectivity index (χ0) is 14.4. The van der Waals surface area contributed by atoms with Gasteiger partial charge in [-0.1, -0.05) is 26.0 Å². The Labute approximate surface area is 111 Å². The standard InChI is InChI=1S/C13H17N3O3/c1-9(2)7-13(17)15-14-10(3)11-5-4-6-12(8-11)16(18)19/h4-6,8-9H,7H2,1-3H3,(H,15,17)/b14-10+. The van der Waals surface area contributed by atoms with Crippen LogP contribution in [0.5, 0.6) is 0 Å². The maximum atomic E-state index is 11.4. The third-order valence-corrected chi connectivity index (χ3v) is 2.42. The first kappa shape index (κ1) is 14.8. The molecule has 1 N–H and O–H groups in total. The molecule has 0 aromatic heterocycles. The summed E-state index contributed by atoms with van der Waals surface area (Å²) in [6.45, 7) is 5.57. The molecule has 1 aromatic carbocycles. The lowest BCUT2D eigenvalue weighted by molar-refractivity contribution is -0.384. The van der Waals surface area contributed by atoms with E-state index in [0.29, 0.717) is 17.7 Å². The molecule has 0 aliphatic heterocycles. The normalized spacial score (nSPS) is 11.5. The van der Waals surface area contributed by atoms with Gasteiger partial charge in [-0.05, 0) is 12.8 Å². The summed E-state index contributed by atoms with van der Waals surface area (Å²) in [6, 6.07) is 6.13. The van der Waals surface area contributed by atoms with Crippen molar-refractivity contribution in [2.24, 2.45) is 11.0 Å². The molecule has 0 spiro atoms. The van der Waals surface area contributed by atoms with Crippen molar-refractivity contribution in [3.63, 3.8) is 0 Å². The highest BCUT2D eigenvalue weighted by Gasteiger charge is 2.08. The molecule has 19 heavy (non-hydrogen) atoms. The highest BCUT2D eigenvalue weighted by Crippen LogP contribution is 2.13. The molecule has 0 unspecified atom stereocenters. The van der Waals surface area contributed by atoms with Gasteiger partial charge in [0.2, 0.25) is 5.91 Å². The molecule has 0 aliphatic carbocycles. The summed E-state index contributed by atoms with van der Waals surface area (Å²) in [6.07, 6.45) is 0.395. The van der Waals surface area contributed by atoms with Crippen LogP contribution in [0.1, 0.15) is 32.8 Å². The molecule has 102 valence electrons. The Balaban J connectivity index is 2.76. The molecular formula is C13H17N3O3. The number of amides is 1. The zero-order valence-electron chi connectivity index (χ0n) is 11.2. The first-order valence-electron chi connectivity index (χ1n) is 5.98. The Morgan fingerprint density at radius 2 is 2.16 bits per heavy atom. The Bertz CT molecular complexity index is 510. The topological polar surface area (TPSA) is 84.6 Å². The van der Waals surface area contributed by atoms with Crippen molar-refractivity contribution < 1.29 is 9.72 Å². The second-order valence-corrected chi connectivity index (χ2v) is 4.64. The van der Waals surface area contributed by atoms with E-state index in [1.54, 1.807) is 19.1 Å². The number of nitrogens with one attached hydrogen (secondary N) is 1. The summed E-state index contributed by atoms with van der Waals surface area (Å²) < 4.78 is 0. The molecule has 0 saturated heterocycles. The largest absolute Gasteiger partial charge is 0.273 e. The number of carbonyl (C=O) groups is 1. The predicted octanol–water partition coefficient (Wildman–Crippen LogP) is 2.48. The van der Waals surface area contributed by atoms with E-state index < -0.39 is 4.92 Å². The third-order valence-electron chi connectivity index (χ3n) is 2.42. The molecule has 1 amide bonds. The van der Waals surface area contributed by atoms with E-state index in [-0.39, 0.29) is 17.5 Å². The summed E-state index contributed by atoms with van der Waals surface area (Å²) in [4.78, 5) is 21.6. The molecule has 0 bridgehead atoms. The van der Waals surface area contributed by atoms with Crippen LogP contribution < -0.4 is 5.43 Å². The van der Waals surface area contributed by atoms with Gasteiger partial charge in [-0.15, -0.1) is 0 Å². The minimum Gasteiger partial charge on any atom is -0.273 e. The predicted molar refractivity (Wildman–Crippen MR) is 72.9 cm³/mol. The van der Waals surface area contributed by atoms with Crippen molar-refractivity contribution >= 4 is 17.3 Å². The van der Waals surface area contributed by atoms with E-state index in [2.05, 4.69) is 10.5 Å². The fraction of sp³-hybridized carbons (Fsp3) is 0.385. The average molecular weight is 263 g/mol. The van der Waals surface area contributed by atoms with Crippen LogP contribution in [-0.4, -0.2) is 16.5 Å². The van der Waals surface area contributed by atoms with E-state index in [4.69, 9.17) is 0 Å². The second-order valence-electron chi connectivity index (χ2n) is 4.64. The lowest BCUT2D eigenvalue weighted by atomic mass is 10.1. The number of nitrogens with zero attached hydrogens (tertiary/aromatic N) is 2. The van der Waals surface area contributed by atoms with E-state index in [9.17, 15) is 14.9 Å². The van der Waals surface area contributed by atoms with Gasteiger partial charge in [-0.3, -0.25) is 14.9 Å². The van der Waals surface area contributed by atoms with Crippen molar-refractivity contribution in [2.75, 3.05) is 0 Å². The van der Waals surface area contributed by atoms with Crippen LogP contribution in [-0.2, 0) is 4.79 Å². The van der Waals surface area contributed by atoms with Crippen molar-refractivity contribution in [1.29, 1.82) is 0 Å². The van der Waals surface area contributed by atoms with Gasteiger partial charge in [0.1, 0.15) is 0 Å². The molecule has 0 atom stereocenters. The van der Waals surface area contributed by atoms with Crippen LogP contribution in [0.3, 0.4) is 0 Å². The van der Waals surface area contributed by atoms with Crippen LogP contribution in [0.2, 0.25) is 0 Å². The Morgan fingerprint density at radius 1 is 1.47 bits per heavy atom. The van der Waals surface area contributed by atoms with E-state index >= 15 is 0 Å². The number of hydrogen-bond acceptors (Lipinski definition) is 4. The first-order valence-corrected chi connectivity index (χ1v) is 5.98. The minimum atomic E-state index is -0.464. The van der Waals surface area contributed by atoms with Gasteiger partial charge in [0.25, 0.3) is 5.69 Å². The molecule has 6 nitrogen and oxygen atoms in total. The number of benzene rings is 1. The van der Waals surface area contributed by atoms with Gasteiger partial charge in [-0.25, -0.2) is 5.43 Å². The van der Waals surface area contributed by atoms with Gasteiger partial charge < -0.3 is 0 Å². The average Bonchev–Trinajstić information content (AvgIpc) is 2.35. The van der Waals surface area contributed by atoms with Crippen LogP contribution in [0, 0.1) is 16.0 Å². The van der Waals surface area contributed by atoms with Gasteiger partial charge in [-0.2, -0.15) is 5.10 Å². The van der Waals surface area contributed by atoms with Gasteiger partial charge >= 0.3 is 0 Å². The van der Waals surface area contributed by atoms with Crippen LogP contribution in [0.25, 0.3) is 0 Å². The molecule has 0 fully saturated rings. The first-order chi connectivity index (χ1) is 8.90. The number of nitro benzene ring substituents is 1. The summed E-state index contributed by atoms with van der Waals surface area (Å²) in [5.41, 5.74) is 3.58. The van der Waals surface area contributed by atoms with Crippen molar-refractivity contribution in [2.45, 2.75) is 27.2 Å². The Hall–Kier alpha value is -2.24.